The van der Waals surface area contributed by atoms with Crippen LogP contribution in [0.15, 0.2) is 29.5 Å². The summed E-state index contributed by atoms with van der Waals surface area (Å²) < 4.78 is 11.2. The molecule has 0 amide bonds. The Kier molecular flexibility index (Phi) is 4.83. The predicted octanol–water partition coefficient (Wildman–Crippen LogP) is 4.07. The highest BCUT2D eigenvalue weighted by atomic mass is 16.5. The van der Waals surface area contributed by atoms with Crippen LogP contribution < -0.4 is 4.74 Å². The van der Waals surface area contributed by atoms with Gasteiger partial charge in [-0.25, -0.2) is 4.79 Å². The summed E-state index contributed by atoms with van der Waals surface area (Å²) in [5.41, 5.74) is 2.94. The number of benzene rings is 1. The van der Waals surface area contributed by atoms with Gasteiger partial charge in [0.25, 0.3) is 0 Å². The van der Waals surface area contributed by atoms with Crippen LogP contribution in [-0.2, 0) is 9.53 Å². The van der Waals surface area contributed by atoms with Crippen LogP contribution in [-0.4, -0.2) is 12.6 Å². The minimum absolute atomic E-state index is 0.229. The van der Waals surface area contributed by atoms with Crippen molar-refractivity contribution in [1.82, 2.24) is 0 Å². The first-order valence-electron chi connectivity index (χ1n) is 7.26. The Morgan fingerprint density at radius 3 is 2.70 bits per heavy atom. The molecule has 0 saturated heterocycles. The number of esters is 1. The van der Waals surface area contributed by atoms with Gasteiger partial charge in [-0.1, -0.05) is 12.1 Å². The number of carbonyl (C=O) groups is 1. The number of hydrogen-bond acceptors (Lipinski definition) is 3. The summed E-state index contributed by atoms with van der Waals surface area (Å²) >= 11 is 0. The smallest absolute Gasteiger partial charge is 0.337 e. The maximum absolute atomic E-state index is 12.0. The van der Waals surface area contributed by atoms with Crippen molar-refractivity contribution in [1.29, 1.82) is 0 Å². The number of aryl methyl sites for hydroxylation is 2. The lowest BCUT2D eigenvalue weighted by molar-refractivity contribution is -0.139. The average molecular weight is 274 g/mol. The fourth-order valence-corrected chi connectivity index (χ4v) is 2.37. The minimum Gasteiger partial charge on any atom is -0.463 e. The number of ether oxygens (including phenoxy) is 2. The van der Waals surface area contributed by atoms with Crippen molar-refractivity contribution in [3.63, 3.8) is 0 Å². The molecule has 0 N–H and O–H groups in total. The Morgan fingerprint density at radius 2 is 1.95 bits per heavy atom. The monoisotopic (exact) mass is 274 g/mol. The second-order valence-electron chi connectivity index (χ2n) is 5.20. The van der Waals surface area contributed by atoms with E-state index in [0.29, 0.717) is 12.2 Å². The molecule has 2 rings (SSSR count). The molecule has 1 aliphatic rings. The molecule has 3 heteroatoms. The van der Waals surface area contributed by atoms with Gasteiger partial charge in [0.1, 0.15) is 11.5 Å². The molecule has 0 radical (unpaired) electrons. The van der Waals surface area contributed by atoms with E-state index in [-0.39, 0.29) is 5.97 Å². The largest absolute Gasteiger partial charge is 0.463 e. The summed E-state index contributed by atoms with van der Waals surface area (Å²) in [7, 11) is 0. The van der Waals surface area contributed by atoms with Gasteiger partial charge in [-0.15, -0.1) is 0 Å². The van der Waals surface area contributed by atoms with Gasteiger partial charge in [0, 0.05) is 6.42 Å². The molecule has 0 atom stereocenters. The highest BCUT2D eigenvalue weighted by Crippen LogP contribution is 2.30. The summed E-state index contributed by atoms with van der Waals surface area (Å²) in [6.45, 7) is 6.28. The van der Waals surface area contributed by atoms with E-state index in [1.165, 1.54) is 0 Å². The topological polar surface area (TPSA) is 35.5 Å². The molecule has 0 aromatic heterocycles. The van der Waals surface area contributed by atoms with Crippen molar-refractivity contribution >= 4 is 5.97 Å². The van der Waals surface area contributed by atoms with Crippen LogP contribution >= 0.6 is 0 Å². The van der Waals surface area contributed by atoms with Crippen molar-refractivity contribution < 1.29 is 14.3 Å². The molecule has 1 aromatic rings. The number of hydrogen-bond donors (Lipinski definition) is 0. The van der Waals surface area contributed by atoms with E-state index in [2.05, 4.69) is 6.07 Å². The third-order valence-electron chi connectivity index (χ3n) is 3.52. The van der Waals surface area contributed by atoms with Crippen LogP contribution in [0, 0.1) is 13.8 Å². The van der Waals surface area contributed by atoms with Crippen molar-refractivity contribution in [2.75, 3.05) is 6.61 Å². The number of carbonyl (C=O) groups excluding carboxylic acids is 1. The zero-order chi connectivity index (χ0) is 14.5. The molecule has 0 spiro atoms. The molecule has 0 unspecified atom stereocenters. The van der Waals surface area contributed by atoms with Gasteiger partial charge >= 0.3 is 5.97 Å². The summed E-state index contributed by atoms with van der Waals surface area (Å²) in [5, 5.41) is 0. The molecular weight excluding hydrogens is 252 g/mol. The van der Waals surface area contributed by atoms with E-state index >= 15 is 0 Å². The summed E-state index contributed by atoms with van der Waals surface area (Å²) in [6, 6.07) is 6.11. The standard InChI is InChI=1S/C17H22O3/c1-4-19-17(18)14-7-5-6-8-15(14)20-16-11-12(2)9-10-13(16)3/h9-11H,4-8H2,1-3H3. The number of allylic oxidation sites excluding steroid dienone is 1. The maximum Gasteiger partial charge on any atom is 0.337 e. The molecule has 1 aliphatic carbocycles. The van der Waals surface area contributed by atoms with Crippen molar-refractivity contribution in [2.45, 2.75) is 46.5 Å². The second-order valence-corrected chi connectivity index (χ2v) is 5.20. The molecule has 108 valence electrons. The van der Waals surface area contributed by atoms with E-state index in [9.17, 15) is 4.79 Å². The quantitative estimate of drug-likeness (QED) is 0.776. The second kappa shape index (κ2) is 6.60. The zero-order valence-corrected chi connectivity index (χ0v) is 12.5. The van der Waals surface area contributed by atoms with E-state index in [0.717, 1.165) is 48.3 Å². The van der Waals surface area contributed by atoms with Gasteiger partial charge in [0.2, 0.25) is 0 Å². The third kappa shape index (κ3) is 3.41. The van der Waals surface area contributed by atoms with Crippen molar-refractivity contribution in [3.8, 4) is 5.75 Å². The average Bonchev–Trinajstić information content (AvgIpc) is 2.44. The molecular formula is C17H22O3. The van der Waals surface area contributed by atoms with E-state index < -0.39 is 0 Å². The highest BCUT2D eigenvalue weighted by molar-refractivity contribution is 5.89. The lowest BCUT2D eigenvalue weighted by Gasteiger charge is -2.20. The molecule has 0 heterocycles. The Morgan fingerprint density at radius 1 is 1.20 bits per heavy atom. The summed E-state index contributed by atoms with van der Waals surface area (Å²) in [5.74, 6) is 1.39. The Bertz CT molecular complexity index is 529. The lowest BCUT2D eigenvalue weighted by atomic mass is 9.97. The molecule has 1 aromatic carbocycles. The zero-order valence-electron chi connectivity index (χ0n) is 12.5. The van der Waals surface area contributed by atoms with E-state index in [1.54, 1.807) is 0 Å². The Balaban J connectivity index is 2.27. The maximum atomic E-state index is 12.0. The normalized spacial score (nSPS) is 15.2. The molecule has 0 fully saturated rings. The summed E-state index contributed by atoms with van der Waals surface area (Å²) in [6.07, 6.45) is 3.64. The van der Waals surface area contributed by atoms with E-state index in [1.807, 2.05) is 32.9 Å². The lowest BCUT2D eigenvalue weighted by Crippen LogP contribution is -2.16. The molecule has 0 aliphatic heterocycles. The fraction of sp³-hybridized carbons (Fsp3) is 0.471. The molecule has 20 heavy (non-hydrogen) atoms. The van der Waals surface area contributed by atoms with Crippen LogP contribution in [0.3, 0.4) is 0 Å². The van der Waals surface area contributed by atoms with Crippen LogP contribution in [0.2, 0.25) is 0 Å². The highest BCUT2D eigenvalue weighted by Gasteiger charge is 2.22. The van der Waals surface area contributed by atoms with Crippen LogP contribution in [0.1, 0.15) is 43.7 Å². The van der Waals surface area contributed by atoms with Gasteiger partial charge in [-0.3, -0.25) is 0 Å². The van der Waals surface area contributed by atoms with Gasteiger partial charge in [-0.05, 0) is 57.2 Å². The first-order valence-corrected chi connectivity index (χ1v) is 7.26. The van der Waals surface area contributed by atoms with E-state index in [4.69, 9.17) is 9.47 Å². The minimum atomic E-state index is -0.229. The first kappa shape index (κ1) is 14.6. The first-order chi connectivity index (χ1) is 9.61. The predicted molar refractivity (Wildman–Crippen MR) is 78.7 cm³/mol. The third-order valence-corrected chi connectivity index (χ3v) is 3.52. The van der Waals surface area contributed by atoms with Crippen LogP contribution in [0.4, 0.5) is 0 Å². The molecule has 0 saturated carbocycles. The molecule has 3 nitrogen and oxygen atoms in total. The van der Waals surface area contributed by atoms with Gasteiger partial charge in [-0.2, -0.15) is 0 Å². The van der Waals surface area contributed by atoms with Crippen molar-refractivity contribution in [2.24, 2.45) is 0 Å². The van der Waals surface area contributed by atoms with Crippen LogP contribution in [0.5, 0.6) is 5.75 Å². The number of rotatable bonds is 4. The van der Waals surface area contributed by atoms with Gasteiger partial charge in [0.05, 0.1) is 12.2 Å². The fourth-order valence-electron chi connectivity index (χ4n) is 2.37. The van der Waals surface area contributed by atoms with Crippen LogP contribution in [0.25, 0.3) is 0 Å². The Labute approximate surface area is 120 Å². The SMILES string of the molecule is CCOC(=O)C1=C(Oc2cc(C)ccc2C)CCCC1. The summed E-state index contributed by atoms with van der Waals surface area (Å²) in [4.78, 5) is 12.0. The van der Waals surface area contributed by atoms with Crippen molar-refractivity contribution in [3.05, 3.63) is 40.7 Å². The molecule has 0 bridgehead atoms. The Hall–Kier alpha value is -1.77. The van der Waals surface area contributed by atoms with Gasteiger partial charge in [0.15, 0.2) is 0 Å². The van der Waals surface area contributed by atoms with Gasteiger partial charge < -0.3 is 9.47 Å².